The van der Waals surface area contributed by atoms with Crippen molar-refractivity contribution in [2.45, 2.75) is 20.0 Å². The highest BCUT2D eigenvalue weighted by atomic mass is 35.5. The van der Waals surface area contributed by atoms with Gasteiger partial charge in [-0.3, -0.25) is 29.0 Å². The molecule has 0 spiro atoms. The van der Waals surface area contributed by atoms with E-state index < -0.39 is 0 Å². The first-order valence-electron chi connectivity index (χ1n) is 13.3. The van der Waals surface area contributed by atoms with Crippen molar-refractivity contribution >= 4 is 35.2 Å². The van der Waals surface area contributed by atoms with E-state index in [4.69, 9.17) is 11.6 Å². The molecule has 44 heavy (non-hydrogen) atoms. The molecule has 0 N–H and O–H groups in total. The van der Waals surface area contributed by atoms with Crippen LogP contribution in [0.4, 0.5) is 0 Å². The Kier molecular flexibility index (Phi) is 7.65. The second-order valence-electron chi connectivity index (χ2n) is 9.73. The minimum absolute atomic E-state index is 0.0919. The van der Waals surface area contributed by atoms with Crippen molar-refractivity contribution in [2.75, 3.05) is 0 Å². The average Bonchev–Trinajstić information content (AvgIpc) is 3.42. The van der Waals surface area contributed by atoms with Crippen molar-refractivity contribution in [3.8, 4) is 11.3 Å². The monoisotopic (exact) mass is 604 g/mol. The molecule has 5 aromatic rings. The number of halogens is 1. The van der Waals surface area contributed by atoms with E-state index >= 15 is 0 Å². The molecule has 0 atom stereocenters. The lowest BCUT2D eigenvalue weighted by atomic mass is 10.1. The van der Waals surface area contributed by atoms with Crippen molar-refractivity contribution in [1.29, 1.82) is 0 Å². The molecular formula is C31H21ClN8O4. The van der Waals surface area contributed by atoms with E-state index in [-0.39, 0.29) is 41.9 Å². The number of hydrogen-bond acceptors (Lipinski definition) is 10. The van der Waals surface area contributed by atoms with Crippen molar-refractivity contribution in [2.24, 2.45) is 0 Å². The maximum Gasteiger partial charge on any atom is 0.261 e. The Bertz CT molecular complexity index is 1880. The largest absolute Gasteiger partial charge is 0.269 e. The van der Waals surface area contributed by atoms with Crippen LogP contribution in [-0.2, 0) is 13.1 Å². The van der Waals surface area contributed by atoms with Gasteiger partial charge in [0.25, 0.3) is 23.6 Å². The van der Waals surface area contributed by atoms with Gasteiger partial charge >= 0.3 is 0 Å². The molecule has 2 aromatic carbocycles. The van der Waals surface area contributed by atoms with Crippen LogP contribution in [0.1, 0.15) is 58.6 Å². The van der Waals surface area contributed by atoms with E-state index in [0.29, 0.717) is 45.2 Å². The van der Waals surface area contributed by atoms with Crippen LogP contribution < -0.4 is 0 Å². The zero-order valence-electron chi connectivity index (χ0n) is 23.1. The number of imide groups is 2. The number of rotatable bonds is 5. The molecule has 216 valence electrons. The fourth-order valence-electron chi connectivity index (χ4n) is 4.71. The summed E-state index contributed by atoms with van der Waals surface area (Å²) in [6, 6.07) is 16.8. The molecular weight excluding hydrogens is 584 g/mol. The summed E-state index contributed by atoms with van der Waals surface area (Å²) in [6.45, 7) is 1.99. The topological polar surface area (TPSA) is 152 Å². The number of aromatic nitrogens is 6. The third kappa shape index (κ3) is 5.53. The summed E-state index contributed by atoms with van der Waals surface area (Å²) in [7, 11) is 0. The predicted octanol–water partition coefficient (Wildman–Crippen LogP) is 3.96. The number of benzene rings is 2. The second-order valence-corrected chi connectivity index (χ2v) is 10.1. The Morgan fingerprint density at radius 3 is 1.48 bits per heavy atom. The van der Waals surface area contributed by atoms with Crippen molar-refractivity contribution in [3.05, 3.63) is 130 Å². The maximum absolute atomic E-state index is 12.4. The van der Waals surface area contributed by atoms with Gasteiger partial charge in [0.2, 0.25) is 0 Å². The predicted molar refractivity (Wildman–Crippen MR) is 156 cm³/mol. The van der Waals surface area contributed by atoms with Gasteiger partial charge in [-0.05, 0) is 43.3 Å². The smallest absolute Gasteiger partial charge is 0.261 e. The van der Waals surface area contributed by atoms with Gasteiger partial charge in [-0.1, -0.05) is 35.9 Å². The second kappa shape index (κ2) is 11.9. The van der Waals surface area contributed by atoms with Gasteiger partial charge in [-0.15, -0.1) is 0 Å². The number of fused-ring (bicyclic) bond motifs is 2. The van der Waals surface area contributed by atoms with Gasteiger partial charge in [-0.2, -0.15) is 0 Å². The fourth-order valence-corrected chi connectivity index (χ4v) is 4.88. The van der Waals surface area contributed by atoms with E-state index in [1.807, 2.05) is 0 Å². The number of amides is 4. The molecule has 0 unspecified atom stereocenters. The Hall–Kier alpha value is -5.75. The van der Waals surface area contributed by atoms with E-state index in [9.17, 15) is 19.2 Å². The van der Waals surface area contributed by atoms with E-state index in [1.54, 1.807) is 73.9 Å². The maximum atomic E-state index is 12.4. The van der Waals surface area contributed by atoms with Gasteiger partial charge in [0.15, 0.2) is 0 Å². The molecule has 4 amide bonds. The number of carbonyl (C=O) groups is 4. The lowest BCUT2D eigenvalue weighted by molar-refractivity contribution is 0.0625. The quantitative estimate of drug-likeness (QED) is 0.213. The van der Waals surface area contributed by atoms with Gasteiger partial charge < -0.3 is 0 Å². The zero-order valence-corrected chi connectivity index (χ0v) is 23.8. The molecule has 0 fully saturated rings. The van der Waals surface area contributed by atoms with Crippen molar-refractivity contribution in [1.82, 2.24) is 39.7 Å². The van der Waals surface area contributed by atoms with Gasteiger partial charge in [0.1, 0.15) is 23.6 Å². The number of aryl methyl sites for hydroxylation is 1. The van der Waals surface area contributed by atoms with Crippen molar-refractivity contribution in [3.63, 3.8) is 0 Å². The van der Waals surface area contributed by atoms with Gasteiger partial charge in [0.05, 0.1) is 52.4 Å². The lowest BCUT2D eigenvalue weighted by Crippen LogP contribution is -2.29. The Labute approximate surface area is 255 Å². The highest BCUT2D eigenvalue weighted by Crippen LogP contribution is 2.25. The molecule has 2 aliphatic heterocycles. The summed E-state index contributed by atoms with van der Waals surface area (Å²) in [6.07, 6.45) is 6.06. The van der Waals surface area contributed by atoms with Crippen molar-refractivity contribution < 1.29 is 19.2 Å². The van der Waals surface area contributed by atoms with Gasteiger partial charge in [0, 0.05) is 18.0 Å². The number of hydrogen-bond donors (Lipinski definition) is 0. The summed E-state index contributed by atoms with van der Waals surface area (Å²) in [5.74, 6) is -0.561. The van der Waals surface area contributed by atoms with E-state index in [0.717, 1.165) is 10.5 Å². The van der Waals surface area contributed by atoms with E-state index in [2.05, 4.69) is 29.9 Å². The molecule has 5 heterocycles. The minimum atomic E-state index is -0.310. The first-order chi connectivity index (χ1) is 21.3. The average molecular weight is 605 g/mol. The molecule has 0 radical (unpaired) electrons. The summed E-state index contributed by atoms with van der Waals surface area (Å²) < 4.78 is 0. The summed E-state index contributed by atoms with van der Waals surface area (Å²) >= 11 is 5.75. The summed E-state index contributed by atoms with van der Waals surface area (Å²) in [4.78, 5) is 75.9. The van der Waals surface area contributed by atoms with Crippen LogP contribution >= 0.6 is 11.6 Å². The van der Waals surface area contributed by atoms with Crippen LogP contribution in [-0.4, -0.2) is 63.3 Å². The van der Waals surface area contributed by atoms with Crippen LogP contribution in [0.5, 0.6) is 0 Å². The highest BCUT2D eigenvalue weighted by molar-refractivity contribution is 6.29. The molecule has 7 rings (SSSR count). The Morgan fingerprint density at radius 1 is 0.591 bits per heavy atom. The minimum Gasteiger partial charge on any atom is -0.269 e. The molecule has 0 saturated carbocycles. The zero-order chi connectivity index (χ0) is 30.8. The SMILES string of the molecule is Cc1ncc(-c2cc(CN3C(=O)c4ccccc4C3=O)ncn2)cn1.O=C1c2ccccc2C(=O)N1Cc1cc(Cl)ncn1. The highest BCUT2D eigenvalue weighted by Gasteiger charge is 2.36. The Morgan fingerprint density at radius 2 is 1.02 bits per heavy atom. The van der Waals surface area contributed by atoms with Crippen LogP contribution in [0.3, 0.4) is 0 Å². The first kappa shape index (κ1) is 28.4. The van der Waals surface area contributed by atoms with Crippen LogP contribution in [0, 0.1) is 6.92 Å². The molecule has 0 saturated heterocycles. The fraction of sp³-hybridized carbons (Fsp3) is 0.0968. The molecule has 13 heteroatoms. The summed E-state index contributed by atoms with van der Waals surface area (Å²) in [5, 5.41) is 0.279. The molecule has 0 aliphatic carbocycles. The van der Waals surface area contributed by atoms with Gasteiger partial charge in [-0.25, -0.2) is 29.9 Å². The number of nitrogens with zero attached hydrogens (tertiary/aromatic N) is 8. The van der Waals surface area contributed by atoms with E-state index in [1.165, 1.54) is 23.6 Å². The first-order valence-corrected chi connectivity index (χ1v) is 13.6. The normalized spacial score (nSPS) is 13.5. The molecule has 2 aliphatic rings. The summed E-state index contributed by atoms with van der Waals surface area (Å²) in [5.41, 5.74) is 4.18. The van der Waals surface area contributed by atoms with Crippen LogP contribution in [0.25, 0.3) is 11.3 Å². The van der Waals surface area contributed by atoms with Crippen LogP contribution in [0.15, 0.2) is 85.7 Å². The Balaban J connectivity index is 0.000000162. The molecule has 12 nitrogen and oxygen atoms in total. The molecule has 3 aromatic heterocycles. The molecule has 0 bridgehead atoms. The van der Waals surface area contributed by atoms with Crippen LogP contribution in [0.2, 0.25) is 5.15 Å². The third-order valence-electron chi connectivity index (χ3n) is 6.89. The lowest BCUT2D eigenvalue weighted by Gasteiger charge is -2.13. The number of carbonyl (C=O) groups excluding carboxylic acids is 4. The third-order valence-corrected chi connectivity index (χ3v) is 7.09. The standard InChI is InChI=1S/C18H13N5O2.C13H8ClN3O2/c1-11-19-7-12(8-20-11)16-6-13(21-10-22-16)9-23-17(24)14-4-2-3-5-15(14)18(23)25;14-11-5-8(15-7-16-11)6-17-12(18)9-3-1-2-4-10(9)13(17)19/h2-8,10H,9H2,1H3;1-5,7H,6H2.